The van der Waals surface area contributed by atoms with Crippen LogP contribution in [0.15, 0.2) is 61.7 Å². The van der Waals surface area contributed by atoms with Crippen molar-refractivity contribution in [1.29, 1.82) is 5.26 Å². The van der Waals surface area contributed by atoms with Gasteiger partial charge in [0.25, 0.3) is 0 Å². The van der Waals surface area contributed by atoms with E-state index in [2.05, 4.69) is 13.2 Å². The zero-order valence-electron chi connectivity index (χ0n) is 8.97. The van der Waals surface area contributed by atoms with E-state index < -0.39 is 0 Å². The molecular weight excluding hydrogens is 198 g/mol. The fourth-order valence-electron chi connectivity index (χ4n) is 0.811. The van der Waals surface area contributed by atoms with E-state index in [1.807, 2.05) is 30.3 Å². The molecule has 0 aliphatic heterocycles. The summed E-state index contributed by atoms with van der Waals surface area (Å²) in [6.45, 7) is 6.49. The first-order chi connectivity index (χ1) is 7.74. The Morgan fingerprint density at radius 3 is 2.25 bits per heavy atom. The highest BCUT2D eigenvalue weighted by molar-refractivity contribution is 6.01. The lowest BCUT2D eigenvalue weighted by Crippen LogP contribution is -1.82. The third kappa shape index (κ3) is 7.05. The largest absolute Gasteiger partial charge is 0.290 e. The summed E-state index contributed by atoms with van der Waals surface area (Å²) in [5.74, 6) is -0.0705. The molecule has 0 bridgehead atoms. The minimum Gasteiger partial charge on any atom is -0.290 e. The van der Waals surface area contributed by atoms with Gasteiger partial charge >= 0.3 is 0 Å². The standard InChI is InChI=1S/C11H10O.C3H3N/c1-2-11(12)9-8-10-6-4-3-5-7-10;1-2-3-4/h2-9H,1H2;2H,1H2. The van der Waals surface area contributed by atoms with Crippen molar-refractivity contribution < 1.29 is 4.79 Å². The van der Waals surface area contributed by atoms with Gasteiger partial charge in [-0.1, -0.05) is 49.6 Å². The van der Waals surface area contributed by atoms with Gasteiger partial charge in [0.15, 0.2) is 5.78 Å². The highest BCUT2D eigenvalue weighted by atomic mass is 16.1. The second-order valence-corrected chi connectivity index (χ2v) is 2.68. The summed E-state index contributed by atoms with van der Waals surface area (Å²) >= 11 is 0. The number of benzene rings is 1. The zero-order chi connectivity index (χ0) is 12.2. The van der Waals surface area contributed by atoms with Crippen molar-refractivity contribution in [2.24, 2.45) is 0 Å². The molecule has 2 nitrogen and oxygen atoms in total. The molecule has 0 saturated carbocycles. The second kappa shape index (κ2) is 9.17. The van der Waals surface area contributed by atoms with Gasteiger partial charge in [0.2, 0.25) is 0 Å². The quantitative estimate of drug-likeness (QED) is 0.569. The maximum atomic E-state index is 10.8. The number of hydrogen-bond acceptors (Lipinski definition) is 2. The lowest BCUT2D eigenvalue weighted by atomic mass is 10.2. The normalized spacial score (nSPS) is 8.44. The van der Waals surface area contributed by atoms with Crippen LogP contribution in [-0.4, -0.2) is 5.78 Å². The Balaban J connectivity index is 0.000000487. The predicted octanol–water partition coefficient (Wildman–Crippen LogP) is 3.15. The summed E-state index contributed by atoms with van der Waals surface area (Å²) in [7, 11) is 0. The number of allylic oxidation sites excluding steroid dienone is 3. The minimum atomic E-state index is -0.0705. The molecule has 0 aliphatic carbocycles. The van der Waals surface area contributed by atoms with Gasteiger partial charge in [-0.05, 0) is 17.7 Å². The third-order valence-electron chi connectivity index (χ3n) is 1.53. The highest BCUT2D eigenvalue weighted by Gasteiger charge is 1.86. The topological polar surface area (TPSA) is 40.9 Å². The highest BCUT2D eigenvalue weighted by Crippen LogP contribution is 2.00. The predicted molar refractivity (Wildman–Crippen MR) is 66.5 cm³/mol. The van der Waals surface area contributed by atoms with E-state index in [0.29, 0.717) is 0 Å². The van der Waals surface area contributed by atoms with Crippen LogP contribution in [0.4, 0.5) is 0 Å². The van der Waals surface area contributed by atoms with E-state index in [1.165, 1.54) is 18.2 Å². The molecule has 0 radical (unpaired) electrons. The number of ketones is 1. The van der Waals surface area contributed by atoms with Crippen LogP contribution >= 0.6 is 0 Å². The van der Waals surface area contributed by atoms with Crippen molar-refractivity contribution >= 4 is 11.9 Å². The van der Waals surface area contributed by atoms with Crippen molar-refractivity contribution in [3.05, 3.63) is 67.3 Å². The van der Waals surface area contributed by atoms with E-state index in [0.717, 1.165) is 5.56 Å². The van der Waals surface area contributed by atoms with Crippen LogP contribution in [0.3, 0.4) is 0 Å². The first-order valence-electron chi connectivity index (χ1n) is 4.64. The zero-order valence-corrected chi connectivity index (χ0v) is 8.97. The molecule has 0 atom stereocenters. The van der Waals surface area contributed by atoms with Gasteiger partial charge in [-0.15, -0.1) is 0 Å². The molecule has 0 saturated heterocycles. The smallest absolute Gasteiger partial charge is 0.178 e. The second-order valence-electron chi connectivity index (χ2n) is 2.68. The Bertz CT molecular complexity index is 410. The summed E-state index contributed by atoms with van der Waals surface area (Å²) in [6, 6.07) is 11.4. The van der Waals surface area contributed by atoms with Crippen molar-refractivity contribution in [3.63, 3.8) is 0 Å². The molecule has 0 aromatic heterocycles. The summed E-state index contributed by atoms with van der Waals surface area (Å²) in [5.41, 5.74) is 1.02. The van der Waals surface area contributed by atoms with Gasteiger partial charge in [0.1, 0.15) is 0 Å². The lowest BCUT2D eigenvalue weighted by molar-refractivity contribution is -0.110. The van der Waals surface area contributed by atoms with Crippen LogP contribution in [-0.2, 0) is 4.79 Å². The maximum Gasteiger partial charge on any atom is 0.178 e. The summed E-state index contributed by atoms with van der Waals surface area (Å²) in [6.07, 6.45) is 5.74. The van der Waals surface area contributed by atoms with Gasteiger partial charge in [0.05, 0.1) is 6.07 Å². The lowest BCUT2D eigenvalue weighted by Gasteiger charge is -1.88. The number of hydrogen-bond donors (Lipinski definition) is 0. The van der Waals surface area contributed by atoms with E-state index >= 15 is 0 Å². The number of rotatable bonds is 3. The summed E-state index contributed by atoms with van der Waals surface area (Å²) in [4.78, 5) is 10.8. The van der Waals surface area contributed by atoms with Crippen molar-refractivity contribution in [2.45, 2.75) is 0 Å². The Kier molecular flexibility index (Phi) is 7.79. The molecule has 0 fully saturated rings. The average Bonchev–Trinajstić information content (AvgIpc) is 2.37. The van der Waals surface area contributed by atoms with Gasteiger partial charge in [0, 0.05) is 6.08 Å². The molecule has 2 heteroatoms. The molecule has 0 heterocycles. The van der Waals surface area contributed by atoms with Crippen molar-refractivity contribution in [2.75, 3.05) is 0 Å². The molecule has 80 valence electrons. The number of nitrogens with zero attached hydrogens (tertiary/aromatic N) is 1. The van der Waals surface area contributed by atoms with Crippen LogP contribution in [0.25, 0.3) is 6.08 Å². The fourth-order valence-corrected chi connectivity index (χ4v) is 0.811. The fraction of sp³-hybridized carbons (Fsp3) is 0. The van der Waals surface area contributed by atoms with Crippen LogP contribution in [0, 0.1) is 11.3 Å². The van der Waals surface area contributed by atoms with Crippen molar-refractivity contribution in [1.82, 2.24) is 0 Å². The Morgan fingerprint density at radius 2 is 1.81 bits per heavy atom. The number of carbonyl (C=O) groups is 1. The van der Waals surface area contributed by atoms with Gasteiger partial charge in [-0.25, -0.2) is 0 Å². The first kappa shape index (κ1) is 13.6. The van der Waals surface area contributed by atoms with E-state index in [1.54, 1.807) is 12.1 Å². The molecular formula is C14H13NO. The molecule has 16 heavy (non-hydrogen) atoms. The average molecular weight is 211 g/mol. The molecule has 0 aliphatic rings. The maximum absolute atomic E-state index is 10.8. The Labute approximate surface area is 95.8 Å². The molecule has 0 N–H and O–H groups in total. The van der Waals surface area contributed by atoms with Gasteiger partial charge < -0.3 is 0 Å². The van der Waals surface area contributed by atoms with Crippen LogP contribution in [0.5, 0.6) is 0 Å². The summed E-state index contributed by atoms with van der Waals surface area (Å²) in [5, 5.41) is 7.51. The van der Waals surface area contributed by atoms with Gasteiger partial charge in [-0.2, -0.15) is 5.26 Å². The van der Waals surface area contributed by atoms with E-state index in [-0.39, 0.29) is 5.78 Å². The number of nitriles is 1. The Hall–Kier alpha value is -2.40. The van der Waals surface area contributed by atoms with Gasteiger partial charge in [-0.3, -0.25) is 4.79 Å². The summed E-state index contributed by atoms with van der Waals surface area (Å²) < 4.78 is 0. The van der Waals surface area contributed by atoms with E-state index in [9.17, 15) is 4.79 Å². The van der Waals surface area contributed by atoms with Crippen molar-refractivity contribution in [3.8, 4) is 6.07 Å². The SMILES string of the molecule is C=CC#N.C=CC(=O)C=Cc1ccccc1. The van der Waals surface area contributed by atoms with Crippen LogP contribution < -0.4 is 0 Å². The first-order valence-corrected chi connectivity index (χ1v) is 4.64. The Morgan fingerprint density at radius 1 is 1.25 bits per heavy atom. The molecule has 0 unspecified atom stereocenters. The molecule has 1 aromatic carbocycles. The molecule has 0 spiro atoms. The minimum absolute atomic E-state index is 0.0705. The molecule has 1 rings (SSSR count). The number of carbonyl (C=O) groups excluding carboxylic acids is 1. The van der Waals surface area contributed by atoms with Crippen LogP contribution in [0.1, 0.15) is 5.56 Å². The molecule has 1 aromatic rings. The third-order valence-corrected chi connectivity index (χ3v) is 1.53. The van der Waals surface area contributed by atoms with E-state index in [4.69, 9.17) is 5.26 Å². The monoisotopic (exact) mass is 211 g/mol. The van der Waals surface area contributed by atoms with Crippen LogP contribution in [0.2, 0.25) is 0 Å². The molecule has 0 amide bonds.